The maximum absolute atomic E-state index is 12.9. The minimum absolute atomic E-state index is 0.0522. The summed E-state index contributed by atoms with van der Waals surface area (Å²) < 4.78 is 39.9. The molecule has 1 aliphatic carbocycles. The smallest absolute Gasteiger partial charge is 0.258 e. The Labute approximate surface area is 223 Å². The first-order valence-corrected chi connectivity index (χ1v) is 14.6. The maximum Gasteiger partial charge on any atom is 0.258 e. The fraction of sp³-hybridized carbons (Fsp3) is 0.444. The van der Waals surface area contributed by atoms with Gasteiger partial charge in [0.25, 0.3) is 5.89 Å². The molecule has 0 radical (unpaired) electrons. The summed E-state index contributed by atoms with van der Waals surface area (Å²) in [7, 11) is -3.43. The van der Waals surface area contributed by atoms with E-state index in [0.717, 1.165) is 42.9 Å². The van der Waals surface area contributed by atoms with Crippen LogP contribution in [0.25, 0.3) is 22.8 Å². The molecule has 3 aromatic rings. The number of hydrogen-bond acceptors (Lipinski definition) is 9. The highest BCUT2D eigenvalue weighted by Crippen LogP contribution is 2.38. The van der Waals surface area contributed by atoms with Gasteiger partial charge in [0.2, 0.25) is 15.8 Å². The van der Waals surface area contributed by atoms with Crippen LogP contribution in [-0.4, -0.2) is 68.0 Å². The zero-order valence-electron chi connectivity index (χ0n) is 21.6. The van der Waals surface area contributed by atoms with E-state index in [4.69, 9.17) is 9.26 Å². The summed E-state index contributed by atoms with van der Waals surface area (Å²) in [5.41, 5.74) is 3.80. The average molecular weight is 537 g/mol. The molecule has 5 rings (SSSR count). The van der Waals surface area contributed by atoms with Crippen LogP contribution < -0.4 is 14.8 Å². The number of piperazine rings is 1. The molecule has 200 valence electrons. The van der Waals surface area contributed by atoms with Gasteiger partial charge in [-0.2, -0.15) is 10.2 Å². The van der Waals surface area contributed by atoms with Crippen LogP contribution >= 0.6 is 0 Å². The Balaban J connectivity index is 1.32. The van der Waals surface area contributed by atoms with E-state index in [9.17, 15) is 13.7 Å². The monoisotopic (exact) mass is 536 g/mol. The number of hydrogen-bond donors (Lipinski definition) is 2. The molecule has 1 aromatic heterocycles. The van der Waals surface area contributed by atoms with Crippen molar-refractivity contribution in [2.75, 3.05) is 38.5 Å². The Kier molecular flexibility index (Phi) is 7.76. The van der Waals surface area contributed by atoms with Crippen molar-refractivity contribution in [3.8, 4) is 34.7 Å². The average Bonchev–Trinajstić information content (AvgIpc) is 3.56. The van der Waals surface area contributed by atoms with Gasteiger partial charge in [-0.3, -0.25) is 4.90 Å². The number of rotatable bonds is 9. The summed E-state index contributed by atoms with van der Waals surface area (Å²) in [6.45, 7) is 7.85. The van der Waals surface area contributed by atoms with Gasteiger partial charge in [0.15, 0.2) is 0 Å². The predicted molar refractivity (Wildman–Crippen MR) is 143 cm³/mol. The van der Waals surface area contributed by atoms with E-state index in [1.54, 1.807) is 18.2 Å². The third kappa shape index (κ3) is 5.89. The fourth-order valence-electron chi connectivity index (χ4n) is 5.00. The maximum atomic E-state index is 12.9. The number of aromatic nitrogens is 2. The second-order valence-electron chi connectivity index (χ2n) is 9.91. The highest BCUT2D eigenvalue weighted by atomic mass is 32.2. The molecule has 2 aromatic carbocycles. The number of benzene rings is 2. The first-order valence-electron chi connectivity index (χ1n) is 12.9. The van der Waals surface area contributed by atoms with Gasteiger partial charge in [0.1, 0.15) is 11.8 Å². The third-order valence-electron chi connectivity index (χ3n) is 6.85. The number of sulfonamides is 1. The van der Waals surface area contributed by atoms with E-state index in [-0.39, 0.29) is 17.9 Å². The molecule has 1 saturated heterocycles. The molecule has 2 N–H and O–H groups in total. The topological polar surface area (TPSA) is 133 Å². The minimum atomic E-state index is -3.43. The van der Waals surface area contributed by atoms with Crippen molar-refractivity contribution in [1.29, 1.82) is 5.26 Å². The van der Waals surface area contributed by atoms with Crippen LogP contribution in [0.2, 0.25) is 0 Å². The van der Waals surface area contributed by atoms with Crippen molar-refractivity contribution in [1.82, 2.24) is 25.1 Å². The van der Waals surface area contributed by atoms with Crippen molar-refractivity contribution in [2.24, 2.45) is 0 Å². The van der Waals surface area contributed by atoms with Crippen LogP contribution in [0.3, 0.4) is 0 Å². The number of nitrogens with zero attached hydrogens (tertiary/aromatic N) is 4. The zero-order valence-corrected chi connectivity index (χ0v) is 22.4. The summed E-state index contributed by atoms with van der Waals surface area (Å²) in [4.78, 5) is 6.77. The summed E-state index contributed by atoms with van der Waals surface area (Å²) in [6.07, 6.45) is 1.33. The molecule has 0 spiro atoms. The van der Waals surface area contributed by atoms with Crippen LogP contribution in [0.1, 0.15) is 43.0 Å². The molecule has 2 aliphatic rings. The van der Waals surface area contributed by atoms with Crippen molar-refractivity contribution < 1.29 is 17.7 Å². The van der Waals surface area contributed by atoms with E-state index in [0.29, 0.717) is 48.0 Å². The lowest BCUT2D eigenvalue weighted by atomic mass is 10.0. The Bertz CT molecular complexity index is 1440. The molecular weight excluding hydrogens is 504 g/mol. The molecule has 1 atom stereocenters. The largest absolute Gasteiger partial charge is 0.490 e. The number of nitriles is 1. The zero-order chi connectivity index (χ0) is 26.7. The van der Waals surface area contributed by atoms with Gasteiger partial charge >= 0.3 is 0 Å². The Morgan fingerprint density at radius 3 is 2.84 bits per heavy atom. The van der Waals surface area contributed by atoms with Crippen LogP contribution in [0.4, 0.5) is 0 Å². The Morgan fingerprint density at radius 1 is 1.26 bits per heavy atom. The molecule has 1 unspecified atom stereocenters. The van der Waals surface area contributed by atoms with E-state index < -0.39 is 10.0 Å². The van der Waals surface area contributed by atoms with Crippen molar-refractivity contribution >= 4 is 10.0 Å². The molecule has 10 nitrogen and oxygen atoms in total. The highest BCUT2D eigenvalue weighted by Gasteiger charge is 2.30. The molecule has 0 bridgehead atoms. The third-order valence-corrected chi connectivity index (χ3v) is 8.22. The fourth-order valence-corrected chi connectivity index (χ4v) is 6.30. The van der Waals surface area contributed by atoms with Crippen LogP contribution in [0, 0.1) is 11.3 Å². The molecule has 38 heavy (non-hydrogen) atoms. The molecular formula is C27H32N6O4S. The second kappa shape index (κ2) is 11.2. The Hall–Kier alpha value is -3.30. The lowest BCUT2D eigenvalue weighted by molar-refractivity contribution is 0.241. The van der Waals surface area contributed by atoms with Crippen molar-refractivity contribution in [3.05, 3.63) is 53.1 Å². The molecule has 11 heteroatoms. The van der Waals surface area contributed by atoms with E-state index >= 15 is 0 Å². The van der Waals surface area contributed by atoms with Crippen molar-refractivity contribution in [2.45, 2.75) is 38.8 Å². The summed E-state index contributed by atoms with van der Waals surface area (Å²) in [5, 5.41) is 17.0. The van der Waals surface area contributed by atoms with Gasteiger partial charge in [-0.1, -0.05) is 23.4 Å². The van der Waals surface area contributed by atoms with E-state index in [1.807, 2.05) is 32.0 Å². The minimum Gasteiger partial charge on any atom is -0.490 e. The van der Waals surface area contributed by atoms with Crippen LogP contribution in [-0.2, 0) is 16.4 Å². The molecule has 0 amide bonds. The van der Waals surface area contributed by atoms with Gasteiger partial charge in [-0.05, 0) is 56.0 Å². The van der Waals surface area contributed by atoms with Crippen LogP contribution in [0.15, 0.2) is 40.9 Å². The Morgan fingerprint density at radius 2 is 2.08 bits per heavy atom. The molecule has 1 fully saturated rings. The van der Waals surface area contributed by atoms with Gasteiger partial charge in [0, 0.05) is 49.9 Å². The van der Waals surface area contributed by atoms with Crippen LogP contribution in [0.5, 0.6) is 5.75 Å². The second-order valence-corrected chi connectivity index (χ2v) is 11.8. The van der Waals surface area contributed by atoms with E-state index in [1.165, 1.54) is 0 Å². The summed E-state index contributed by atoms with van der Waals surface area (Å²) in [6, 6.07) is 12.9. The van der Waals surface area contributed by atoms with Gasteiger partial charge in [-0.25, -0.2) is 13.1 Å². The quantitative estimate of drug-likeness (QED) is 0.423. The normalized spacial score (nSPS) is 17.9. The van der Waals surface area contributed by atoms with Crippen molar-refractivity contribution in [3.63, 3.8) is 0 Å². The molecule has 1 aliphatic heterocycles. The van der Waals surface area contributed by atoms with Gasteiger partial charge < -0.3 is 14.6 Å². The SMILES string of the molecule is CC(C)Oc1ccc(-c2nc(-c3cccc4c3CCC4NS(=O)(=O)CCN3CCNCC3)no2)cc1C#N. The first-order chi connectivity index (χ1) is 18.3. The summed E-state index contributed by atoms with van der Waals surface area (Å²) in [5.74, 6) is 1.32. The number of nitrogens with one attached hydrogen (secondary N) is 2. The van der Waals surface area contributed by atoms with Gasteiger partial charge in [-0.15, -0.1) is 0 Å². The molecule has 2 heterocycles. The lowest BCUT2D eigenvalue weighted by Gasteiger charge is -2.27. The molecule has 0 saturated carbocycles. The first kappa shape index (κ1) is 26.3. The number of ether oxygens (including phenoxy) is 1. The van der Waals surface area contributed by atoms with Gasteiger partial charge in [0.05, 0.1) is 17.4 Å². The number of fused-ring (bicyclic) bond motifs is 1. The highest BCUT2D eigenvalue weighted by molar-refractivity contribution is 7.89. The standard InChI is InChI=1S/C27H32N6O4S/c1-18(2)36-25-9-6-19(16-20(25)17-28)27-30-26(31-37-27)23-5-3-4-22-21(23)7-8-24(22)32-38(34,35)15-14-33-12-10-29-11-13-33/h3-6,9,16,18,24,29,32H,7-8,10-15H2,1-2H3. The summed E-state index contributed by atoms with van der Waals surface area (Å²) >= 11 is 0. The lowest BCUT2D eigenvalue weighted by Crippen LogP contribution is -2.46. The predicted octanol–water partition coefficient (Wildman–Crippen LogP) is 2.87. The van der Waals surface area contributed by atoms with E-state index in [2.05, 4.69) is 31.1 Å².